The van der Waals surface area contributed by atoms with Crippen molar-refractivity contribution in [3.8, 4) is 10.6 Å². The maximum atomic E-state index is 11.4. The van der Waals surface area contributed by atoms with E-state index in [4.69, 9.17) is 11.6 Å². The Bertz CT molecular complexity index is 542. The average molecular weight is 266 g/mol. The van der Waals surface area contributed by atoms with Crippen LogP contribution < -0.4 is 0 Å². The molecule has 0 atom stereocenters. The standard InChI is InChI=1S/C13H12ClNOS/c1-8-4-3-5-9(2)12(8)13-15-10(7-17-13)11(16)6-14/h3-5,7H,6H2,1-2H3. The van der Waals surface area contributed by atoms with Crippen molar-refractivity contribution >= 4 is 28.7 Å². The van der Waals surface area contributed by atoms with Crippen molar-refractivity contribution in [2.24, 2.45) is 0 Å². The van der Waals surface area contributed by atoms with E-state index in [-0.39, 0.29) is 11.7 Å². The number of Topliss-reactive ketones (excluding diaryl/α,β-unsaturated/α-hetero) is 1. The van der Waals surface area contributed by atoms with Crippen molar-refractivity contribution in [2.75, 3.05) is 5.88 Å². The molecule has 0 aliphatic rings. The summed E-state index contributed by atoms with van der Waals surface area (Å²) >= 11 is 7.00. The number of hydrogen-bond acceptors (Lipinski definition) is 3. The molecule has 88 valence electrons. The fourth-order valence-corrected chi connectivity index (χ4v) is 2.87. The largest absolute Gasteiger partial charge is 0.291 e. The molecule has 2 aromatic rings. The minimum atomic E-state index is -0.125. The van der Waals surface area contributed by atoms with Crippen LogP contribution in [0, 0.1) is 13.8 Å². The van der Waals surface area contributed by atoms with Gasteiger partial charge < -0.3 is 0 Å². The smallest absolute Gasteiger partial charge is 0.196 e. The quantitative estimate of drug-likeness (QED) is 0.623. The molecule has 0 radical (unpaired) electrons. The zero-order valence-corrected chi connectivity index (χ0v) is 11.2. The van der Waals surface area contributed by atoms with Gasteiger partial charge in [0.05, 0.1) is 5.88 Å². The van der Waals surface area contributed by atoms with Crippen molar-refractivity contribution in [3.63, 3.8) is 0 Å². The Kier molecular flexibility index (Phi) is 3.60. The minimum absolute atomic E-state index is 0.0179. The Hall–Kier alpha value is -1.19. The maximum Gasteiger partial charge on any atom is 0.196 e. The number of nitrogens with zero attached hydrogens (tertiary/aromatic N) is 1. The summed E-state index contributed by atoms with van der Waals surface area (Å²) in [5.74, 6) is -0.143. The van der Waals surface area contributed by atoms with Crippen LogP contribution in [0.15, 0.2) is 23.6 Å². The van der Waals surface area contributed by atoms with Gasteiger partial charge in [-0.15, -0.1) is 22.9 Å². The Morgan fingerprint density at radius 2 is 2.00 bits per heavy atom. The Balaban J connectivity index is 2.47. The summed E-state index contributed by atoms with van der Waals surface area (Å²) < 4.78 is 0. The van der Waals surface area contributed by atoms with Crippen LogP contribution in [0.2, 0.25) is 0 Å². The second kappa shape index (κ2) is 4.98. The highest BCUT2D eigenvalue weighted by Crippen LogP contribution is 2.29. The van der Waals surface area contributed by atoms with Crippen LogP contribution >= 0.6 is 22.9 Å². The highest BCUT2D eigenvalue weighted by Gasteiger charge is 2.13. The lowest BCUT2D eigenvalue weighted by molar-refractivity contribution is 0.101. The van der Waals surface area contributed by atoms with Crippen LogP contribution in [0.25, 0.3) is 10.6 Å². The van der Waals surface area contributed by atoms with Crippen LogP contribution in [-0.2, 0) is 0 Å². The predicted octanol–water partition coefficient (Wildman–Crippen LogP) is 3.85. The summed E-state index contributed by atoms with van der Waals surface area (Å²) in [5.41, 5.74) is 3.92. The summed E-state index contributed by atoms with van der Waals surface area (Å²) in [4.78, 5) is 15.8. The van der Waals surface area contributed by atoms with Gasteiger partial charge in [0.15, 0.2) is 5.78 Å². The van der Waals surface area contributed by atoms with Gasteiger partial charge in [0.1, 0.15) is 10.7 Å². The molecule has 0 saturated heterocycles. The Labute approximate surface area is 109 Å². The molecule has 0 fully saturated rings. The number of carbonyl (C=O) groups is 1. The molecule has 0 spiro atoms. The van der Waals surface area contributed by atoms with Gasteiger partial charge in [0.2, 0.25) is 0 Å². The summed E-state index contributed by atoms with van der Waals surface area (Å²) in [6, 6.07) is 6.12. The fraction of sp³-hybridized carbons (Fsp3) is 0.231. The van der Waals surface area contributed by atoms with Crippen molar-refractivity contribution in [3.05, 3.63) is 40.4 Å². The first-order valence-corrected chi connectivity index (χ1v) is 6.66. The predicted molar refractivity (Wildman–Crippen MR) is 72.1 cm³/mol. The van der Waals surface area contributed by atoms with Crippen LogP contribution in [-0.4, -0.2) is 16.6 Å². The van der Waals surface area contributed by atoms with Crippen LogP contribution in [0.4, 0.5) is 0 Å². The molecule has 0 bridgehead atoms. The van der Waals surface area contributed by atoms with Crippen LogP contribution in [0.3, 0.4) is 0 Å². The molecule has 0 amide bonds. The maximum absolute atomic E-state index is 11.4. The van der Waals surface area contributed by atoms with Crippen molar-refractivity contribution in [1.82, 2.24) is 4.98 Å². The third-order valence-corrected chi connectivity index (χ3v) is 3.71. The van der Waals surface area contributed by atoms with Gasteiger partial charge in [-0.1, -0.05) is 18.2 Å². The number of ketones is 1. The van der Waals surface area contributed by atoms with Crippen LogP contribution in [0.5, 0.6) is 0 Å². The fourth-order valence-electron chi connectivity index (χ4n) is 1.74. The molecule has 17 heavy (non-hydrogen) atoms. The number of carbonyl (C=O) groups excluding carboxylic acids is 1. The molecule has 0 unspecified atom stereocenters. The number of benzene rings is 1. The second-order valence-electron chi connectivity index (χ2n) is 3.86. The van der Waals surface area contributed by atoms with Gasteiger partial charge in [-0.2, -0.15) is 0 Å². The third kappa shape index (κ3) is 2.40. The summed E-state index contributed by atoms with van der Waals surface area (Å²) in [6.45, 7) is 4.10. The van der Waals surface area contributed by atoms with Gasteiger partial charge in [-0.25, -0.2) is 4.98 Å². The monoisotopic (exact) mass is 265 g/mol. The molecule has 1 heterocycles. The normalized spacial score (nSPS) is 10.5. The number of aromatic nitrogens is 1. The second-order valence-corrected chi connectivity index (χ2v) is 4.99. The number of aryl methyl sites for hydroxylation is 2. The molecule has 2 nitrogen and oxygen atoms in total. The van der Waals surface area contributed by atoms with Crippen molar-refractivity contribution < 1.29 is 4.79 Å². The minimum Gasteiger partial charge on any atom is -0.291 e. The molecule has 2 rings (SSSR count). The first-order valence-electron chi connectivity index (χ1n) is 5.24. The number of halogens is 1. The zero-order chi connectivity index (χ0) is 12.4. The first kappa shape index (κ1) is 12.3. The molecule has 1 aromatic carbocycles. The van der Waals surface area contributed by atoms with E-state index in [9.17, 15) is 4.79 Å². The molecule has 1 aromatic heterocycles. The average Bonchev–Trinajstić information content (AvgIpc) is 2.77. The summed E-state index contributed by atoms with van der Waals surface area (Å²) in [6.07, 6.45) is 0. The van der Waals surface area contributed by atoms with Gasteiger partial charge >= 0.3 is 0 Å². The lowest BCUT2D eigenvalue weighted by atomic mass is 10.0. The Morgan fingerprint density at radius 1 is 1.35 bits per heavy atom. The SMILES string of the molecule is Cc1cccc(C)c1-c1nc(C(=O)CCl)cs1. The van der Waals surface area contributed by atoms with Gasteiger partial charge in [-0.3, -0.25) is 4.79 Å². The van der Waals surface area contributed by atoms with E-state index in [2.05, 4.69) is 4.98 Å². The molecule has 0 saturated carbocycles. The van der Waals surface area contributed by atoms with Crippen LogP contribution in [0.1, 0.15) is 21.6 Å². The van der Waals surface area contributed by atoms with Crippen molar-refractivity contribution in [1.29, 1.82) is 0 Å². The number of alkyl halides is 1. The molecule has 0 aliphatic heterocycles. The first-order chi connectivity index (χ1) is 8.13. The molecular formula is C13H12ClNOS. The van der Waals surface area contributed by atoms with Gasteiger partial charge in [0.25, 0.3) is 0 Å². The van der Waals surface area contributed by atoms with E-state index in [1.807, 2.05) is 32.0 Å². The Morgan fingerprint density at radius 3 is 2.59 bits per heavy atom. The van der Waals surface area contributed by atoms with Gasteiger partial charge in [0, 0.05) is 10.9 Å². The van der Waals surface area contributed by atoms with E-state index in [1.54, 1.807) is 5.38 Å². The van der Waals surface area contributed by atoms with Crippen molar-refractivity contribution in [2.45, 2.75) is 13.8 Å². The lowest BCUT2D eigenvalue weighted by Crippen LogP contribution is -2.00. The topological polar surface area (TPSA) is 30.0 Å². The lowest BCUT2D eigenvalue weighted by Gasteiger charge is -2.05. The number of thiazole rings is 1. The third-order valence-electron chi connectivity index (χ3n) is 2.61. The highest BCUT2D eigenvalue weighted by molar-refractivity contribution is 7.13. The van der Waals surface area contributed by atoms with E-state index < -0.39 is 0 Å². The van der Waals surface area contributed by atoms with E-state index in [0.29, 0.717) is 5.69 Å². The number of rotatable bonds is 3. The highest BCUT2D eigenvalue weighted by atomic mass is 35.5. The zero-order valence-electron chi connectivity index (χ0n) is 9.66. The van der Waals surface area contributed by atoms with E-state index in [0.717, 1.165) is 10.6 Å². The molecule has 0 aliphatic carbocycles. The molecular weight excluding hydrogens is 254 g/mol. The van der Waals surface area contributed by atoms with Gasteiger partial charge in [-0.05, 0) is 25.0 Å². The summed E-state index contributed by atoms with van der Waals surface area (Å²) in [5, 5.41) is 2.65. The van der Waals surface area contributed by atoms with E-state index in [1.165, 1.54) is 22.5 Å². The number of hydrogen-bond donors (Lipinski definition) is 0. The molecule has 0 N–H and O–H groups in total. The molecule has 4 heteroatoms. The van der Waals surface area contributed by atoms with E-state index >= 15 is 0 Å². The summed E-state index contributed by atoms with van der Waals surface area (Å²) in [7, 11) is 0.